The van der Waals surface area contributed by atoms with Crippen LogP contribution in [-0.2, 0) is 6.54 Å². The number of fused-ring (bicyclic) bond motifs is 1. The molecule has 0 radical (unpaired) electrons. The molecule has 0 unspecified atom stereocenters. The fourth-order valence-electron chi connectivity index (χ4n) is 2.54. The van der Waals surface area contributed by atoms with Gasteiger partial charge in [0, 0.05) is 30.1 Å². The molecular weight excluding hydrogens is 338 g/mol. The van der Waals surface area contributed by atoms with E-state index in [9.17, 15) is 5.11 Å². The molecule has 1 aromatic carbocycles. The van der Waals surface area contributed by atoms with Crippen molar-refractivity contribution in [3.8, 4) is 5.88 Å². The Hall–Kier alpha value is -3.12. The van der Waals surface area contributed by atoms with Crippen LogP contribution in [0.1, 0.15) is 16.8 Å². The molecule has 6 nitrogen and oxygen atoms in total. The van der Waals surface area contributed by atoms with Gasteiger partial charge in [-0.1, -0.05) is 30.3 Å². The van der Waals surface area contributed by atoms with Crippen molar-refractivity contribution in [3.05, 3.63) is 65.5 Å². The molecule has 7 heteroatoms. The monoisotopic (exact) mass is 353 g/mol. The van der Waals surface area contributed by atoms with Gasteiger partial charge in [-0.2, -0.15) is 4.98 Å². The number of rotatable bonds is 4. The summed E-state index contributed by atoms with van der Waals surface area (Å²) in [6.07, 6.45) is 5.25. The highest BCUT2D eigenvalue weighted by Crippen LogP contribution is 2.31. The van der Waals surface area contributed by atoms with Gasteiger partial charge in [0.05, 0.1) is 0 Å². The van der Waals surface area contributed by atoms with Crippen molar-refractivity contribution in [2.24, 2.45) is 4.99 Å². The molecule has 0 aliphatic carbocycles. The summed E-state index contributed by atoms with van der Waals surface area (Å²) in [5.41, 5.74) is 3.48. The number of aromatic hydroxyl groups is 1. The molecule has 3 N–H and O–H groups in total. The van der Waals surface area contributed by atoms with E-state index in [1.54, 1.807) is 12.4 Å². The van der Waals surface area contributed by atoms with Crippen LogP contribution in [0.5, 0.6) is 5.88 Å². The minimum absolute atomic E-state index is 0. The lowest BCUT2D eigenvalue weighted by Gasteiger charge is -2.02. The standard InChI is InChI=1S/C18H15N5O.ClH/c24-17-15(9-13-11-20-16-14(13)7-4-8-19-16)22-18(23-17)21-10-12-5-2-1-3-6-12;/h1-9,11,24H,10H2,(H2,21,22,23);1H. The van der Waals surface area contributed by atoms with E-state index in [-0.39, 0.29) is 18.3 Å². The molecule has 0 atom stereocenters. The average Bonchev–Trinajstić information content (AvgIpc) is 3.18. The molecule has 0 fully saturated rings. The predicted octanol–water partition coefficient (Wildman–Crippen LogP) is 3.80. The van der Waals surface area contributed by atoms with Gasteiger partial charge in [-0.3, -0.25) is 0 Å². The molecule has 0 spiro atoms. The van der Waals surface area contributed by atoms with E-state index in [1.165, 1.54) is 0 Å². The second-order valence-electron chi connectivity index (χ2n) is 5.39. The molecule has 1 aliphatic rings. The number of nitrogens with one attached hydrogen (secondary N) is 2. The summed E-state index contributed by atoms with van der Waals surface area (Å²) in [6.45, 7) is 0.623. The first-order chi connectivity index (χ1) is 11.8. The van der Waals surface area contributed by atoms with Gasteiger partial charge in [0.25, 0.3) is 0 Å². The Morgan fingerprint density at radius 1 is 1.12 bits per heavy atom. The van der Waals surface area contributed by atoms with Crippen LogP contribution in [0.15, 0.2) is 53.7 Å². The highest BCUT2D eigenvalue weighted by molar-refractivity contribution is 6.20. The molecule has 0 saturated carbocycles. The van der Waals surface area contributed by atoms with Crippen molar-refractivity contribution in [1.29, 1.82) is 0 Å². The van der Waals surface area contributed by atoms with Gasteiger partial charge in [-0.15, -0.1) is 12.4 Å². The number of allylic oxidation sites excluding steroid dienone is 1. The van der Waals surface area contributed by atoms with Crippen molar-refractivity contribution in [3.63, 3.8) is 0 Å². The summed E-state index contributed by atoms with van der Waals surface area (Å²) in [6, 6.07) is 13.8. The fraction of sp³-hybridized carbons (Fsp3) is 0.0556. The zero-order valence-electron chi connectivity index (χ0n) is 13.2. The second-order valence-corrected chi connectivity index (χ2v) is 5.39. The lowest BCUT2D eigenvalue weighted by Crippen LogP contribution is -2.00. The number of nitrogens with zero attached hydrogens (tertiary/aromatic N) is 3. The van der Waals surface area contributed by atoms with E-state index in [0.29, 0.717) is 24.0 Å². The maximum atomic E-state index is 10.0. The molecule has 0 amide bonds. The molecule has 1 aliphatic heterocycles. The Bertz CT molecular complexity index is 934. The molecule has 2 aromatic heterocycles. The Labute approximate surface area is 150 Å². The van der Waals surface area contributed by atoms with Crippen LogP contribution < -0.4 is 5.32 Å². The number of imidazole rings is 1. The van der Waals surface area contributed by atoms with E-state index in [4.69, 9.17) is 0 Å². The van der Waals surface area contributed by atoms with E-state index in [0.717, 1.165) is 16.7 Å². The summed E-state index contributed by atoms with van der Waals surface area (Å²) < 4.78 is 0. The maximum Gasteiger partial charge on any atom is 0.238 e. The molecule has 4 rings (SSSR count). The lowest BCUT2D eigenvalue weighted by atomic mass is 10.1. The van der Waals surface area contributed by atoms with Crippen LogP contribution in [0.4, 0.5) is 11.8 Å². The van der Waals surface area contributed by atoms with Crippen LogP contribution in [0.2, 0.25) is 0 Å². The van der Waals surface area contributed by atoms with Crippen LogP contribution in [0.25, 0.3) is 11.6 Å². The number of benzene rings is 1. The molecule has 126 valence electrons. The number of aromatic nitrogens is 3. The summed E-state index contributed by atoms with van der Waals surface area (Å²) in [4.78, 5) is 15.6. The zero-order valence-corrected chi connectivity index (χ0v) is 14.0. The number of halogens is 1. The largest absolute Gasteiger partial charge is 0.492 e. The van der Waals surface area contributed by atoms with Crippen LogP contribution in [0.3, 0.4) is 0 Å². The van der Waals surface area contributed by atoms with E-state index < -0.39 is 0 Å². The Morgan fingerprint density at radius 2 is 1.96 bits per heavy atom. The maximum absolute atomic E-state index is 10.0. The number of hydrogen-bond acceptors (Lipinski definition) is 5. The SMILES string of the molecule is Cl.Oc1nc(NCc2ccccc2)[nH]c1C=C1C=Nc2ncccc21. The third kappa shape index (κ3) is 3.54. The quantitative estimate of drug-likeness (QED) is 0.665. The predicted molar refractivity (Wildman–Crippen MR) is 102 cm³/mol. The first-order valence-corrected chi connectivity index (χ1v) is 7.57. The van der Waals surface area contributed by atoms with Gasteiger partial charge in [0.15, 0.2) is 5.82 Å². The fourth-order valence-corrected chi connectivity index (χ4v) is 2.54. The van der Waals surface area contributed by atoms with Crippen LogP contribution in [0, 0.1) is 0 Å². The molecular formula is C18H16ClN5O. The molecule has 25 heavy (non-hydrogen) atoms. The summed E-state index contributed by atoms with van der Waals surface area (Å²) >= 11 is 0. The minimum atomic E-state index is -0.0520. The average molecular weight is 354 g/mol. The normalized spacial score (nSPS) is 13.5. The smallest absolute Gasteiger partial charge is 0.238 e. The number of H-pyrrole nitrogens is 1. The first-order valence-electron chi connectivity index (χ1n) is 7.57. The Morgan fingerprint density at radius 3 is 2.80 bits per heavy atom. The summed E-state index contributed by atoms with van der Waals surface area (Å²) in [7, 11) is 0. The van der Waals surface area contributed by atoms with Gasteiger partial charge < -0.3 is 15.4 Å². The van der Waals surface area contributed by atoms with Crippen molar-refractivity contribution >= 4 is 42.0 Å². The van der Waals surface area contributed by atoms with Crippen molar-refractivity contribution in [2.45, 2.75) is 6.54 Å². The Balaban J connectivity index is 0.00000182. The molecule has 0 saturated heterocycles. The third-order valence-electron chi connectivity index (χ3n) is 3.74. The van der Waals surface area contributed by atoms with Crippen LogP contribution in [-0.4, -0.2) is 26.3 Å². The van der Waals surface area contributed by atoms with E-state index >= 15 is 0 Å². The highest BCUT2D eigenvalue weighted by atomic mass is 35.5. The van der Waals surface area contributed by atoms with Gasteiger partial charge in [-0.05, 0) is 23.8 Å². The molecule has 3 aromatic rings. The van der Waals surface area contributed by atoms with E-state index in [1.807, 2.05) is 48.5 Å². The molecule has 3 heterocycles. The zero-order chi connectivity index (χ0) is 16.4. The third-order valence-corrected chi connectivity index (χ3v) is 3.74. The topological polar surface area (TPSA) is 86.2 Å². The number of aromatic amines is 1. The van der Waals surface area contributed by atoms with Crippen molar-refractivity contribution in [2.75, 3.05) is 5.32 Å². The number of anilines is 1. The van der Waals surface area contributed by atoms with Gasteiger partial charge in [0.2, 0.25) is 11.8 Å². The molecule has 0 bridgehead atoms. The summed E-state index contributed by atoms with van der Waals surface area (Å²) in [5.74, 6) is 1.15. The van der Waals surface area contributed by atoms with Gasteiger partial charge in [-0.25, -0.2) is 9.98 Å². The number of pyridine rings is 1. The number of hydrogen-bond donors (Lipinski definition) is 3. The lowest BCUT2D eigenvalue weighted by molar-refractivity contribution is 0.455. The van der Waals surface area contributed by atoms with Crippen molar-refractivity contribution < 1.29 is 5.11 Å². The summed E-state index contributed by atoms with van der Waals surface area (Å²) in [5, 5.41) is 13.2. The van der Waals surface area contributed by atoms with Gasteiger partial charge in [0.1, 0.15) is 5.69 Å². The first kappa shape index (κ1) is 16.7. The van der Waals surface area contributed by atoms with Crippen molar-refractivity contribution in [1.82, 2.24) is 15.0 Å². The van der Waals surface area contributed by atoms with E-state index in [2.05, 4.69) is 25.3 Å². The number of aliphatic imine (C=N–C) groups is 1. The highest BCUT2D eigenvalue weighted by Gasteiger charge is 2.14. The minimum Gasteiger partial charge on any atom is -0.492 e. The second kappa shape index (κ2) is 7.19. The van der Waals surface area contributed by atoms with Crippen LogP contribution >= 0.6 is 12.4 Å². The van der Waals surface area contributed by atoms with Gasteiger partial charge >= 0.3 is 0 Å². The Kier molecular flexibility index (Phi) is 4.81.